The highest BCUT2D eigenvalue weighted by molar-refractivity contribution is 9.10. The molecular weight excluding hydrogens is 526 g/mol. The summed E-state index contributed by atoms with van der Waals surface area (Å²) in [5.74, 6) is 1.40. The van der Waals surface area contributed by atoms with E-state index < -0.39 is 12.2 Å². The van der Waals surface area contributed by atoms with E-state index in [1.165, 1.54) is 10.9 Å². The molecule has 1 heterocycles. The Morgan fingerprint density at radius 2 is 1.71 bits per heavy atom. The SMILES string of the molecule is CC(C)(c1ccc(OC[C@@H](O)Cn2nncc2CO)cc1)c1ccc(OC[C@H](O)CCl)c(Br)c1. The number of rotatable bonds is 12. The first-order chi connectivity index (χ1) is 16.2. The molecule has 0 unspecified atom stereocenters. The largest absolute Gasteiger partial charge is 0.491 e. The van der Waals surface area contributed by atoms with Crippen LogP contribution in [0.5, 0.6) is 11.5 Å². The van der Waals surface area contributed by atoms with Crippen LogP contribution in [0.2, 0.25) is 0 Å². The van der Waals surface area contributed by atoms with Crippen molar-refractivity contribution in [3.8, 4) is 11.5 Å². The van der Waals surface area contributed by atoms with Crippen molar-refractivity contribution in [3.05, 3.63) is 70.0 Å². The van der Waals surface area contributed by atoms with Crippen LogP contribution in [0.4, 0.5) is 0 Å². The van der Waals surface area contributed by atoms with Crippen molar-refractivity contribution in [2.75, 3.05) is 19.1 Å². The molecule has 0 saturated heterocycles. The summed E-state index contributed by atoms with van der Waals surface area (Å²) >= 11 is 9.17. The zero-order valence-corrected chi connectivity index (χ0v) is 21.4. The Labute approximate surface area is 212 Å². The minimum absolute atomic E-state index is 0.0836. The summed E-state index contributed by atoms with van der Waals surface area (Å²) in [4.78, 5) is 0. The second-order valence-corrected chi connectivity index (χ2v) is 9.61. The van der Waals surface area contributed by atoms with Gasteiger partial charge in [0, 0.05) is 5.41 Å². The van der Waals surface area contributed by atoms with E-state index in [-0.39, 0.29) is 37.7 Å². The molecule has 0 aliphatic rings. The molecule has 8 nitrogen and oxygen atoms in total. The fourth-order valence-corrected chi connectivity index (χ4v) is 3.95. The highest BCUT2D eigenvalue weighted by Gasteiger charge is 2.24. The van der Waals surface area contributed by atoms with E-state index in [9.17, 15) is 15.3 Å². The number of benzene rings is 2. The molecule has 0 amide bonds. The number of aliphatic hydroxyl groups is 3. The second-order valence-electron chi connectivity index (χ2n) is 8.44. The molecule has 2 aromatic carbocycles. The first-order valence-corrected chi connectivity index (χ1v) is 12.1. The maximum Gasteiger partial charge on any atom is 0.133 e. The highest BCUT2D eigenvalue weighted by Crippen LogP contribution is 2.36. The van der Waals surface area contributed by atoms with E-state index >= 15 is 0 Å². The zero-order chi connectivity index (χ0) is 24.7. The van der Waals surface area contributed by atoms with Crippen molar-refractivity contribution in [1.29, 1.82) is 0 Å². The van der Waals surface area contributed by atoms with Gasteiger partial charge in [-0.3, -0.25) is 0 Å². The summed E-state index contributed by atoms with van der Waals surface area (Å²) in [7, 11) is 0. The highest BCUT2D eigenvalue weighted by atomic mass is 79.9. The molecule has 0 fully saturated rings. The minimum atomic E-state index is -0.799. The van der Waals surface area contributed by atoms with Gasteiger partial charge in [-0.25, -0.2) is 4.68 Å². The molecule has 1 aromatic heterocycles. The maximum atomic E-state index is 10.2. The lowest BCUT2D eigenvalue weighted by Crippen LogP contribution is -2.25. The second kappa shape index (κ2) is 12.0. The maximum absolute atomic E-state index is 10.2. The number of alkyl halides is 1. The molecule has 10 heteroatoms. The Morgan fingerprint density at radius 3 is 2.35 bits per heavy atom. The van der Waals surface area contributed by atoms with Crippen molar-refractivity contribution < 1.29 is 24.8 Å². The fraction of sp³-hybridized carbons (Fsp3) is 0.417. The van der Waals surface area contributed by atoms with Gasteiger partial charge in [-0.2, -0.15) is 0 Å². The number of nitrogens with zero attached hydrogens (tertiary/aromatic N) is 3. The van der Waals surface area contributed by atoms with E-state index in [1.807, 2.05) is 42.5 Å². The van der Waals surface area contributed by atoms with Crippen molar-refractivity contribution >= 4 is 27.5 Å². The average molecular weight is 555 g/mol. The summed E-state index contributed by atoms with van der Waals surface area (Å²) in [6, 6.07) is 13.6. The van der Waals surface area contributed by atoms with Crippen LogP contribution in [0.3, 0.4) is 0 Å². The van der Waals surface area contributed by atoms with E-state index in [2.05, 4.69) is 40.1 Å². The lowest BCUT2D eigenvalue weighted by Gasteiger charge is -2.27. The normalized spacial score (nSPS) is 13.5. The number of halogens is 2. The lowest BCUT2D eigenvalue weighted by atomic mass is 9.78. The molecule has 3 N–H and O–H groups in total. The Bertz CT molecular complexity index is 1060. The third-order valence-corrected chi connectivity index (χ3v) is 6.50. The molecule has 34 heavy (non-hydrogen) atoms. The molecule has 0 saturated carbocycles. The van der Waals surface area contributed by atoms with Gasteiger partial charge in [0.05, 0.1) is 35.4 Å². The van der Waals surface area contributed by atoms with Crippen molar-refractivity contribution in [2.45, 2.75) is 44.6 Å². The van der Waals surface area contributed by atoms with Gasteiger partial charge in [0.2, 0.25) is 0 Å². The van der Waals surface area contributed by atoms with Crippen LogP contribution in [0.1, 0.15) is 30.7 Å². The van der Waals surface area contributed by atoms with E-state index in [0.717, 1.165) is 15.6 Å². The van der Waals surface area contributed by atoms with Crippen molar-refractivity contribution in [2.24, 2.45) is 0 Å². The monoisotopic (exact) mass is 553 g/mol. The summed E-state index contributed by atoms with van der Waals surface area (Å²) in [6.45, 7) is 4.45. The minimum Gasteiger partial charge on any atom is -0.491 e. The molecule has 3 rings (SSSR count). The fourth-order valence-electron chi connectivity index (χ4n) is 3.37. The summed E-state index contributed by atoms with van der Waals surface area (Å²) in [6.07, 6.45) is -0.0574. The topological polar surface area (TPSA) is 110 Å². The molecule has 184 valence electrons. The van der Waals surface area contributed by atoms with E-state index in [1.54, 1.807) is 0 Å². The third-order valence-electron chi connectivity index (χ3n) is 5.52. The average Bonchev–Trinajstić information content (AvgIpc) is 3.28. The molecule has 0 spiro atoms. The van der Waals surface area contributed by atoms with E-state index in [4.69, 9.17) is 21.1 Å². The van der Waals surface area contributed by atoms with Gasteiger partial charge in [0.1, 0.15) is 36.9 Å². The molecule has 3 aromatic rings. The molecule has 0 aliphatic heterocycles. The van der Waals surface area contributed by atoms with Gasteiger partial charge < -0.3 is 24.8 Å². The van der Waals surface area contributed by atoms with Gasteiger partial charge in [-0.05, 0) is 51.3 Å². The Morgan fingerprint density at radius 1 is 1.03 bits per heavy atom. The van der Waals surface area contributed by atoms with Crippen molar-refractivity contribution in [1.82, 2.24) is 15.0 Å². The smallest absolute Gasteiger partial charge is 0.133 e. The standard InChI is InChI=1S/C24H29BrClN3O5/c1-24(2,17-5-8-23(22(25)9-17)34-14-19(31)10-26)16-3-6-21(7-4-16)33-15-20(32)12-29-18(13-30)11-27-28-29/h3-9,11,19-20,30-32H,10,12-15H2,1-2H3/t19-,20+/m1/s1. The van der Waals surface area contributed by atoms with E-state index in [0.29, 0.717) is 17.2 Å². The van der Waals surface area contributed by atoms with Crippen LogP contribution < -0.4 is 9.47 Å². The van der Waals surface area contributed by atoms with Crippen LogP contribution in [-0.4, -0.2) is 61.6 Å². The van der Waals surface area contributed by atoms with Crippen LogP contribution in [-0.2, 0) is 18.6 Å². The molecular formula is C24H29BrClN3O5. The van der Waals surface area contributed by atoms with Crippen LogP contribution in [0, 0.1) is 0 Å². The number of aliphatic hydroxyl groups excluding tert-OH is 3. The number of ether oxygens (including phenoxy) is 2. The summed E-state index contributed by atoms with van der Waals surface area (Å²) in [5.41, 5.74) is 2.42. The predicted octanol–water partition coefficient (Wildman–Crippen LogP) is 3.28. The predicted molar refractivity (Wildman–Crippen MR) is 132 cm³/mol. The van der Waals surface area contributed by atoms with Gasteiger partial charge in [0.15, 0.2) is 0 Å². The lowest BCUT2D eigenvalue weighted by molar-refractivity contribution is 0.0866. The zero-order valence-electron chi connectivity index (χ0n) is 19.1. The molecule has 0 bridgehead atoms. The first kappa shape index (κ1) is 26.4. The first-order valence-electron chi connectivity index (χ1n) is 10.8. The van der Waals surface area contributed by atoms with Gasteiger partial charge in [-0.15, -0.1) is 16.7 Å². The Kier molecular flexibility index (Phi) is 9.32. The number of aromatic nitrogens is 3. The van der Waals surface area contributed by atoms with Gasteiger partial charge >= 0.3 is 0 Å². The van der Waals surface area contributed by atoms with Crippen LogP contribution in [0.25, 0.3) is 0 Å². The summed E-state index contributed by atoms with van der Waals surface area (Å²) in [5, 5.41) is 36.7. The number of hydrogen-bond donors (Lipinski definition) is 3. The van der Waals surface area contributed by atoms with Crippen molar-refractivity contribution in [3.63, 3.8) is 0 Å². The van der Waals surface area contributed by atoms with Crippen LogP contribution in [0.15, 0.2) is 53.1 Å². The molecule has 2 atom stereocenters. The Hall–Kier alpha value is -2.17. The van der Waals surface area contributed by atoms with Gasteiger partial charge in [-0.1, -0.05) is 37.3 Å². The number of hydrogen-bond acceptors (Lipinski definition) is 7. The summed E-state index contributed by atoms with van der Waals surface area (Å²) < 4.78 is 13.6. The van der Waals surface area contributed by atoms with Crippen LogP contribution >= 0.6 is 27.5 Å². The third kappa shape index (κ3) is 6.70. The van der Waals surface area contributed by atoms with Gasteiger partial charge in [0.25, 0.3) is 0 Å². The molecule has 0 aliphatic carbocycles. The molecule has 0 radical (unpaired) electrons. The Balaban J connectivity index is 1.61. The quantitative estimate of drug-likeness (QED) is 0.295.